The lowest BCUT2D eigenvalue weighted by Crippen LogP contribution is -2.10. The molecule has 0 spiro atoms. The van der Waals surface area contributed by atoms with Crippen LogP contribution in [0.2, 0.25) is 0 Å². The van der Waals surface area contributed by atoms with E-state index >= 15 is 0 Å². The lowest BCUT2D eigenvalue weighted by molar-refractivity contribution is 0.409. The Hall–Kier alpha value is -1.75. The van der Waals surface area contributed by atoms with Gasteiger partial charge >= 0.3 is 0 Å². The van der Waals surface area contributed by atoms with E-state index in [1.807, 2.05) is 18.2 Å². The number of hydrogen-bond donors (Lipinski definition) is 0. The third-order valence-electron chi connectivity index (χ3n) is 3.35. The number of nitrogens with zero attached hydrogens (tertiary/aromatic N) is 2. The summed E-state index contributed by atoms with van der Waals surface area (Å²) >= 11 is 0. The zero-order valence-electron chi connectivity index (χ0n) is 10.8. The summed E-state index contributed by atoms with van der Waals surface area (Å²) < 4.78 is 16.9. The molecule has 5 heteroatoms. The molecule has 1 aliphatic rings. The van der Waals surface area contributed by atoms with Gasteiger partial charge in [0.25, 0.3) is 0 Å². The maximum Gasteiger partial charge on any atom is 0.218 e. The Morgan fingerprint density at radius 1 is 1.32 bits per heavy atom. The Morgan fingerprint density at radius 3 is 2.89 bits per heavy atom. The van der Waals surface area contributed by atoms with E-state index in [0.717, 1.165) is 35.4 Å². The summed E-state index contributed by atoms with van der Waals surface area (Å²) in [4.78, 5) is 8.63. The topological polar surface area (TPSA) is 52.1 Å². The van der Waals surface area contributed by atoms with Crippen LogP contribution in [0.1, 0.15) is 11.1 Å². The maximum absolute atomic E-state index is 11.5. The highest BCUT2D eigenvalue weighted by Gasteiger charge is 2.21. The molecule has 2 aromatic rings. The second kappa shape index (κ2) is 4.74. The van der Waals surface area contributed by atoms with Gasteiger partial charge in [0.15, 0.2) is 0 Å². The highest BCUT2D eigenvalue weighted by atomic mass is 32.2. The molecule has 4 nitrogen and oxygen atoms in total. The first kappa shape index (κ1) is 12.3. The average Bonchev–Trinajstić information content (AvgIpc) is 2.45. The summed E-state index contributed by atoms with van der Waals surface area (Å²) in [5.74, 6) is 0.890. The minimum absolute atomic E-state index is 0.384. The van der Waals surface area contributed by atoms with Crippen LogP contribution in [-0.2, 0) is 23.6 Å². The van der Waals surface area contributed by atoms with Crippen molar-refractivity contribution in [1.29, 1.82) is 0 Å². The van der Waals surface area contributed by atoms with Gasteiger partial charge in [-0.15, -0.1) is 0 Å². The number of fused-ring (bicyclic) bond motifs is 3. The van der Waals surface area contributed by atoms with Gasteiger partial charge in [-0.2, -0.15) is 0 Å². The molecular formula is C14H14N2O2S. The maximum atomic E-state index is 11.5. The van der Waals surface area contributed by atoms with E-state index in [-0.39, 0.29) is 0 Å². The van der Waals surface area contributed by atoms with Gasteiger partial charge in [0.2, 0.25) is 5.16 Å². The van der Waals surface area contributed by atoms with Crippen molar-refractivity contribution >= 4 is 10.8 Å². The van der Waals surface area contributed by atoms with Crippen LogP contribution in [-0.4, -0.2) is 27.5 Å². The van der Waals surface area contributed by atoms with Crippen LogP contribution in [0.25, 0.3) is 11.3 Å². The number of aryl methyl sites for hydroxylation is 1. The molecule has 0 radical (unpaired) electrons. The lowest BCUT2D eigenvalue weighted by Gasteiger charge is -2.20. The standard InChI is InChI=1S/C14H14N2O2S/c1-18-12-5-3-4-11-10(12)7-6-9-8-15-14(19(2)17)16-13(9)11/h3-5,8H,6-7H2,1-2H3. The second-order valence-electron chi connectivity index (χ2n) is 4.47. The minimum Gasteiger partial charge on any atom is -0.496 e. The first-order chi connectivity index (χ1) is 9.20. The molecule has 98 valence electrons. The van der Waals surface area contributed by atoms with E-state index in [1.54, 1.807) is 19.6 Å². The van der Waals surface area contributed by atoms with Gasteiger partial charge in [-0.3, -0.25) is 4.21 Å². The Kier molecular flexibility index (Phi) is 3.06. The Morgan fingerprint density at radius 2 is 2.16 bits per heavy atom. The quantitative estimate of drug-likeness (QED) is 0.786. The predicted molar refractivity (Wildman–Crippen MR) is 73.8 cm³/mol. The van der Waals surface area contributed by atoms with E-state index in [0.29, 0.717) is 5.16 Å². The summed E-state index contributed by atoms with van der Waals surface area (Å²) in [6.45, 7) is 0. The van der Waals surface area contributed by atoms with E-state index in [1.165, 1.54) is 5.56 Å². The van der Waals surface area contributed by atoms with Crippen LogP contribution >= 0.6 is 0 Å². The van der Waals surface area contributed by atoms with Crippen LogP contribution in [0.3, 0.4) is 0 Å². The molecule has 0 fully saturated rings. The zero-order valence-corrected chi connectivity index (χ0v) is 11.7. The first-order valence-electron chi connectivity index (χ1n) is 6.06. The highest BCUT2D eigenvalue weighted by molar-refractivity contribution is 7.84. The fourth-order valence-electron chi connectivity index (χ4n) is 2.44. The van der Waals surface area contributed by atoms with Gasteiger partial charge < -0.3 is 4.74 Å². The van der Waals surface area contributed by atoms with E-state index < -0.39 is 10.8 Å². The van der Waals surface area contributed by atoms with Crippen LogP contribution in [0.4, 0.5) is 0 Å². The fraction of sp³-hybridized carbons (Fsp3) is 0.286. The largest absolute Gasteiger partial charge is 0.496 e. The number of benzene rings is 1. The van der Waals surface area contributed by atoms with Crippen molar-refractivity contribution in [2.75, 3.05) is 13.4 Å². The number of methoxy groups -OCH3 is 1. The molecule has 0 amide bonds. The van der Waals surface area contributed by atoms with Gasteiger partial charge in [0.05, 0.1) is 23.6 Å². The van der Waals surface area contributed by atoms with Crippen LogP contribution < -0.4 is 4.74 Å². The van der Waals surface area contributed by atoms with E-state index in [4.69, 9.17) is 4.74 Å². The normalized spacial score (nSPS) is 14.4. The molecule has 0 N–H and O–H groups in total. The molecule has 3 rings (SSSR count). The molecule has 1 aromatic heterocycles. The van der Waals surface area contributed by atoms with Crippen molar-refractivity contribution in [3.05, 3.63) is 35.5 Å². The molecule has 19 heavy (non-hydrogen) atoms. The highest BCUT2D eigenvalue weighted by Crippen LogP contribution is 2.36. The van der Waals surface area contributed by atoms with Crippen molar-refractivity contribution in [1.82, 2.24) is 9.97 Å². The molecule has 1 unspecified atom stereocenters. The van der Waals surface area contributed by atoms with Gasteiger partial charge in [-0.1, -0.05) is 12.1 Å². The SMILES string of the molecule is COc1cccc2c1CCc1cnc(S(C)=O)nc1-2. The molecule has 1 aliphatic carbocycles. The third kappa shape index (κ3) is 2.04. The van der Waals surface area contributed by atoms with Gasteiger partial charge in [0.1, 0.15) is 5.75 Å². The van der Waals surface area contributed by atoms with Gasteiger partial charge in [-0.25, -0.2) is 9.97 Å². The van der Waals surface area contributed by atoms with E-state index in [2.05, 4.69) is 9.97 Å². The molecule has 1 atom stereocenters. The third-order valence-corrected chi connectivity index (χ3v) is 4.06. The summed E-state index contributed by atoms with van der Waals surface area (Å²) in [7, 11) is 0.514. The Labute approximate surface area is 114 Å². The van der Waals surface area contributed by atoms with Crippen molar-refractivity contribution < 1.29 is 8.95 Å². The summed E-state index contributed by atoms with van der Waals surface area (Å²) in [5.41, 5.74) is 4.23. The smallest absolute Gasteiger partial charge is 0.218 e. The van der Waals surface area contributed by atoms with E-state index in [9.17, 15) is 4.21 Å². The number of rotatable bonds is 2. The average molecular weight is 274 g/mol. The van der Waals surface area contributed by atoms with Crippen molar-refractivity contribution in [3.63, 3.8) is 0 Å². The summed E-state index contributed by atoms with van der Waals surface area (Å²) in [6.07, 6.45) is 5.20. The number of ether oxygens (including phenoxy) is 1. The van der Waals surface area contributed by atoms with Gasteiger partial charge in [-0.05, 0) is 24.5 Å². The zero-order chi connectivity index (χ0) is 13.4. The van der Waals surface area contributed by atoms with Crippen molar-refractivity contribution in [2.45, 2.75) is 18.0 Å². The first-order valence-corrected chi connectivity index (χ1v) is 7.62. The lowest BCUT2D eigenvalue weighted by atomic mass is 9.89. The Balaban J connectivity index is 2.22. The molecule has 0 saturated heterocycles. The minimum atomic E-state index is -1.16. The molecular weight excluding hydrogens is 260 g/mol. The van der Waals surface area contributed by atoms with Crippen molar-refractivity contribution in [2.24, 2.45) is 0 Å². The van der Waals surface area contributed by atoms with Gasteiger partial charge in [0, 0.05) is 23.6 Å². The van der Waals surface area contributed by atoms with Crippen LogP contribution in [0.5, 0.6) is 5.75 Å². The summed E-state index contributed by atoms with van der Waals surface area (Å²) in [5, 5.41) is 0.384. The van der Waals surface area contributed by atoms with Crippen molar-refractivity contribution in [3.8, 4) is 17.0 Å². The molecule has 0 saturated carbocycles. The molecule has 1 aromatic carbocycles. The van der Waals surface area contributed by atoms with Crippen LogP contribution in [0, 0.1) is 0 Å². The van der Waals surface area contributed by atoms with Crippen LogP contribution in [0.15, 0.2) is 29.6 Å². The molecule has 1 heterocycles. The molecule has 0 aliphatic heterocycles. The molecule has 0 bridgehead atoms. The number of hydrogen-bond acceptors (Lipinski definition) is 4. The monoisotopic (exact) mass is 274 g/mol. The fourth-order valence-corrected chi connectivity index (χ4v) is 2.86. The Bertz CT molecular complexity index is 670. The summed E-state index contributed by atoms with van der Waals surface area (Å²) in [6, 6.07) is 5.95. The number of aromatic nitrogens is 2. The second-order valence-corrected chi connectivity index (χ2v) is 5.74. The predicted octanol–water partition coefficient (Wildman–Crippen LogP) is 1.99.